The van der Waals surface area contributed by atoms with Gasteiger partial charge in [-0.1, -0.05) is 89.9 Å². The lowest BCUT2D eigenvalue weighted by atomic mass is 10.0. The van der Waals surface area contributed by atoms with Gasteiger partial charge in [0.15, 0.2) is 0 Å². The third-order valence-corrected chi connectivity index (χ3v) is 4.75. The van der Waals surface area contributed by atoms with Crippen molar-refractivity contribution in [1.82, 2.24) is 0 Å². The Hall–Kier alpha value is -2.09. The Morgan fingerprint density at radius 3 is 2.33 bits per heavy atom. The van der Waals surface area contributed by atoms with E-state index in [9.17, 15) is 0 Å². The number of hydrogen-bond donors (Lipinski definition) is 0. The molecule has 0 aromatic heterocycles. The summed E-state index contributed by atoms with van der Waals surface area (Å²) in [7, 11) is 0. The summed E-state index contributed by atoms with van der Waals surface area (Å²) in [6.07, 6.45) is 1.91. The molecular weight excluding hydrogens is 337 g/mol. The van der Waals surface area contributed by atoms with Crippen molar-refractivity contribution < 1.29 is 0 Å². The molecule has 24 heavy (non-hydrogen) atoms. The molecule has 3 aromatic carbocycles. The lowest BCUT2D eigenvalue weighted by Gasteiger charge is -2.11. The maximum atomic E-state index is 6.29. The Kier molecular flexibility index (Phi) is 5.34. The maximum Gasteiger partial charge on any atom is 0.0736 e. The zero-order valence-electron chi connectivity index (χ0n) is 13.3. The largest absolute Gasteiger partial charge is 0.285 e. The standard InChI is InChI=1S/C21H17Cl2N/c1-15(18-12-7-13-20(22)21(18)23)24-14-17-10-5-6-11-19(17)16-8-3-2-4-9-16/h2-15H,1H3. The molecule has 0 amide bonds. The van der Waals surface area contributed by atoms with Gasteiger partial charge in [0.1, 0.15) is 0 Å². The zero-order chi connectivity index (χ0) is 16.9. The van der Waals surface area contributed by atoms with Gasteiger partial charge in [-0.15, -0.1) is 0 Å². The Morgan fingerprint density at radius 2 is 1.54 bits per heavy atom. The number of nitrogens with zero attached hydrogens (tertiary/aromatic N) is 1. The number of rotatable bonds is 4. The van der Waals surface area contributed by atoms with Crippen LogP contribution in [0.3, 0.4) is 0 Å². The van der Waals surface area contributed by atoms with Crippen LogP contribution in [0.4, 0.5) is 0 Å². The van der Waals surface area contributed by atoms with Gasteiger partial charge in [-0.3, -0.25) is 4.99 Å². The summed E-state index contributed by atoms with van der Waals surface area (Å²) in [5.41, 5.74) is 4.34. The molecule has 3 heteroatoms. The molecule has 120 valence electrons. The highest BCUT2D eigenvalue weighted by Crippen LogP contribution is 2.31. The fourth-order valence-electron chi connectivity index (χ4n) is 2.61. The fourth-order valence-corrected chi connectivity index (χ4v) is 3.07. The van der Waals surface area contributed by atoms with E-state index >= 15 is 0 Å². The third-order valence-electron chi connectivity index (χ3n) is 3.91. The first kappa shape index (κ1) is 16.8. The highest BCUT2D eigenvalue weighted by atomic mass is 35.5. The number of hydrogen-bond acceptors (Lipinski definition) is 1. The third kappa shape index (κ3) is 3.69. The van der Waals surface area contributed by atoms with Crippen LogP contribution in [0.15, 0.2) is 77.8 Å². The van der Waals surface area contributed by atoms with Crippen molar-refractivity contribution in [1.29, 1.82) is 0 Å². The Balaban J connectivity index is 1.91. The first-order valence-electron chi connectivity index (χ1n) is 7.78. The molecule has 3 aromatic rings. The van der Waals surface area contributed by atoms with Crippen LogP contribution in [0.25, 0.3) is 11.1 Å². The molecule has 3 rings (SSSR count). The molecule has 1 atom stereocenters. The predicted molar refractivity (Wildman–Crippen MR) is 104 cm³/mol. The summed E-state index contributed by atoms with van der Waals surface area (Å²) < 4.78 is 0. The number of aliphatic imine (C=N–C) groups is 1. The van der Waals surface area contributed by atoms with E-state index in [0.717, 1.165) is 16.7 Å². The first-order valence-corrected chi connectivity index (χ1v) is 8.54. The van der Waals surface area contributed by atoms with Crippen molar-refractivity contribution in [2.24, 2.45) is 4.99 Å². The van der Waals surface area contributed by atoms with Crippen LogP contribution in [0.5, 0.6) is 0 Å². The zero-order valence-corrected chi connectivity index (χ0v) is 14.8. The molecule has 0 bridgehead atoms. The van der Waals surface area contributed by atoms with Crippen LogP contribution >= 0.6 is 23.2 Å². The van der Waals surface area contributed by atoms with Crippen molar-refractivity contribution in [3.05, 3.63) is 94.0 Å². The molecule has 0 saturated carbocycles. The van der Waals surface area contributed by atoms with Gasteiger partial charge in [0.2, 0.25) is 0 Å². The van der Waals surface area contributed by atoms with Gasteiger partial charge in [0.25, 0.3) is 0 Å². The summed E-state index contributed by atoms with van der Waals surface area (Å²) >= 11 is 12.4. The average Bonchev–Trinajstić information content (AvgIpc) is 2.63. The van der Waals surface area contributed by atoms with Crippen LogP contribution in [0, 0.1) is 0 Å². The summed E-state index contributed by atoms with van der Waals surface area (Å²) in [4.78, 5) is 4.68. The van der Waals surface area contributed by atoms with E-state index in [2.05, 4.69) is 29.3 Å². The molecule has 0 fully saturated rings. The minimum Gasteiger partial charge on any atom is -0.285 e. The van der Waals surface area contributed by atoms with Gasteiger partial charge in [0.05, 0.1) is 16.1 Å². The second-order valence-electron chi connectivity index (χ2n) is 5.55. The molecule has 0 aliphatic carbocycles. The van der Waals surface area contributed by atoms with Gasteiger partial charge in [0, 0.05) is 11.8 Å². The van der Waals surface area contributed by atoms with Gasteiger partial charge >= 0.3 is 0 Å². The molecule has 0 aliphatic rings. The Labute approximate surface area is 152 Å². The molecule has 0 heterocycles. The maximum absolute atomic E-state index is 6.29. The molecule has 0 spiro atoms. The lowest BCUT2D eigenvalue weighted by Crippen LogP contribution is -1.94. The van der Waals surface area contributed by atoms with E-state index in [1.807, 2.05) is 55.6 Å². The average molecular weight is 354 g/mol. The van der Waals surface area contributed by atoms with Crippen molar-refractivity contribution in [2.45, 2.75) is 13.0 Å². The van der Waals surface area contributed by atoms with Crippen LogP contribution in [0.1, 0.15) is 24.1 Å². The minimum atomic E-state index is -0.0694. The van der Waals surface area contributed by atoms with E-state index in [4.69, 9.17) is 23.2 Å². The van der Waals surface area contributed by atoms with Crippen molar-refractivity contribution in [2.75, 3.05) is 0 Å². The first-order chi connectivity index (χ1) is 11.7. The SMILES string of the molecule is CC(N=Cc1ccccc1-c1ccccc1)c1cccc(Cl)c1Cl. The van der Waals surface area contributed by atoms with Crippen molar-refractivity contribution in [3.63, 3.8) is 0 Å². The van der Waals surface area contributed by atoms with Crippen LogP contribution < -0.4 is 0 Å². The molecular formula is C21H17Cl2N. The summed E-state index contributed by atoms with van der Waals surface area (Å²) in [5, 5.41) is 1.13. The van der Waals surface area contributed by atoms with E-state index < -0.39 is 0 Å². The fraction of sp³-hybridized carbons (Fsp3) is 0.0952. The molecule has 0 N–H and O–H groups in total. The highest BCUT2D eigenvalue weighted by molar-refractivity contribution is 6.42. The molecule has 0 aliphatic heterocycles. The summed E-state index contributed by atoms with van der Waals surface area (Å²) in [6, 6.07) is 24.1. The van der Waals surface area contributed by atoms with E-state index in [1.54, 1.807) is 6.07 Å². The highest BCUT2D eigenvalue weighted by Gasteiger charge is 2.10. The minimum absolute atomic E-state index is 0.0694. The molecule has 1 nitrogen and oxygen atoms in total. The number of halogens is 2. The number of benzene rings is 3. The molecule has 1 unspecified atom stereocenters. The second kappa shape index (κ2) is 7.65. The molecule has 0 radical (unpaired) electrons. The van der Waals surface area contributed by atoms with E-state index in [0.29, 0.717) is 10.0 Å². The van der Waals surface area contributed by atoms with Crippen molar-refractivity contribution >= 4 is 29.4 Å². The van der Waals surface area contributed by atoms with Gasteiger partial charge < -0.3 is 0 Å². The quantitative estimate of drug-likeness (QED) is 0.455. The Morgan fingerprint density at radius 1 is 0.833 bits per heavy atom. The van der Waals surface area contributed by atoms with Gasteiger partial charge in [-0.25, -0.2) is 0 Å². The van der Waals surface area contributed by atoms with E-state index in [-0.39, 0.29) is 6.04 Å². The monoisotopic (exact) mass is 353 g/mol. The normalized spacial score (nSPS) is 12.5. The van der Waals surface area contributed by atoms with Crippen LogP contribution in [-0.4, -0.2) is 6.21 Å². The predicted octanol–water partition coefficient (Wildman–Crippen LogP) is 6.84. The van der Waals surface area contributed by atoms with Crippen molar-refractivity contribution in [3.8, 4) is 11.1 Å². The topological polar surface area (TPSA) is 12.4 Å². The van der Waals surface area contributed by atoms with Gasteiger partial charge in [-0.05, 0) is 29.7 Å². The van der Waals surface area contributed by atoms with Gasteiger partial charge in [-0.2, -0.15) is 0 Å². The smallest absolute Gasteiger partial charge is 0.0736 e. The molecule has 0 saturated heterocycles. The van der Waals surface area contributed by atoms with E-state index in [1.165, 1.54) is 5.56 Å². The summed E-state index contributed by atoms with van der Waals surface area (Å²) in [6.45, 7) is 2.01. The summed E-state index contributed by atoms with van der Waals surface area (Å²) in [5.74, 6) is 0. The van der Waals surface area contributed by atoms with Crippen LogP contribution in [0.2, 0.25) is 10.0 Å². The lowest BCUT2D eigenvalue weighted by molar-refractivity contribution is 0.825. The second-order valence-corrected chi connectivity index (χ2v) is 6.34. The Bertz CT molecular complexity index is 857. The van der Waals surface area contributed by atoms with Crippen LogP contribution in [-0.2, 0) is 0 Å².